The normalized spacial score (nSPS) is 19.8. The van der Waals surface area contributed by atoms with Gasteiger partial charge in [-0.3, -0.25) is 14.4 Å². The predicted octanol–water partition coefficient (Wildman–Crippen LogP) is 5.47. The van der Waals surface area contributed by atoms with Gasteiger partial charge in [0.2, 0.25) is 12.4 Å². The predicted molar refractivity (Wildman–Crippen MR) is 170 cm³/mol. The van der Waals surface area contributed by atoms with E-state index < -0.39 is 42.5 Å². The minimum Gasteiger partial charge on any atom is -0.457 e. The van der Waals surface area contributed by atoms with E-state index >= 15 is 0 Å². The van der Waals surface area contributed by atoms with Gasteiger partial charge in [0.25, 0.3) is 0 Å². The van der Waals surface area contributed by atoms with Crippen LogP contribution in [0.25, 0.3) is 32.7 Å². The average Bonchev–Trinajstić information content (AvgIpc) is 3.76. The average molecular weight is 619 g/mol. The van der Waals surface area contributed by atoms with Crippen molar-refractivity contribution in [3.05, 3.63) is 114 Å². The van der Waals surface area contributed by atoms with E-state index in [-0.39, 0.29) is 19.3 Å². The molecule has 0 bridgehead atoms. The highest BCUT2D eigenvalue weighted by atomic mass is 16.7. The second-order valence-electron chi connectivity index (χ2n) is 11.4. The Labute approximate surface area is 264 Å². The molecule has 4 atom stereocenters. The molecule has 0 aliphatic carbocycles. The van der Waals surface area contributed by atoms with Crippen molar-refractivity contribution >= 4 is 50.6 Å². The number of carbonyl (C=O) groups excluding carboxylic acids is 3. The minimum absolute atomic E-state index is 0.00931. The van der Waals surface area contributed by atoms with Gasteiger partial charge < -0.3 is 33.9 Å². The lowest BCUT2D eigenvalue weighted by Crippen LogP contribution is -2.53. The van der Waals surface area contributed by atoms with Crippen molar-refractivity contribution in [3.8, 4) is 0 Å². The third-order valence-corrected chi connectivity index (χ3v) is 8.21. The fourth-order valence-electron chi connectivity index (χ4n) is 6.05. The number of rotatable bonds is 9. The van der Waals surface area contributed by atoms with Gasteiger partial charge in [-0.2, -0.15) is 0 Å². The molecule has 3 aromatic heterocycles. The van der Waals surface area contributed by atoms with E-state index in [9.17, 15) is 14.4 Å². The number of benzene rings is 3. The lowest BCUT2D eigenvalue weighted by molar-refractivity contribution is -0.251. The zero-order chi connectivity index (χ0) is 31.6. The molecule has 1 radical (unpaired) electrons. The standard InChI is InChI=1S/C36H32N3O7/c1-21-14-31(44-32(40)15-22-18-37-28-11-5-2-8-25(22)28)35(45-33(41)16-23-19-38-29-12-6-3-9-26(23)29)36(43-21)46-34(42)17-24-20-39-30-13-7-4-10-27(24)30/h2-14,18-21,31,35-39H,15-17H2,1H3/t21-,31+,35+,36?/m0/s1. The first-order valence-electron chi connectivity index (χ1n) is 15.1. The number of aromatic amines is 3. The lowest BCUT2D eigenvalue weighted by Gasteiger charge is -2.38. The van der Waals surface area contributed by atoms with E-state index in [0.717, 1.165) is 49.4 Å². The highest BCUT2D eigenvalue weighted by molar-refractivity contribution is 5.89. The van der Waals surface area contributed by atoms with Crippen LogP contribution in [0.3, 0.4) is 0 Å². The maximum absolute atomic E-state index is 13.4. The molecule has 1 saturated heterocycles. The number of hydrogen-bond acceptors (Lipinski definition) is 7. The van der Waals surface area contributed by atoms with E-state index in [1.54, 1.807) is 31.9 Å². The molecule has 7 rings (SSSR count). The monoisotopic (exact) mass is 618 g/mol. The van der Waals surface area contributed by atoms with Crippen molar-refractivity contribution < 1.29 is 33.3 Å². The Kier molecular flexibility index (Phi) is 8.02. The summed E-state index contributed by atoms with van der Waals surface area (Å²) in [5.41, 5.74) is 4.97. The van der Waals surface area contributed by atoms with E-state index in [4.69, 9.17) is 18.9 Å². The van der Waals surface area contributed by atoms with Gasteiger partial charge in [-0.15, -0.1) is 0 Å². The molecule has 1 aliphatic heterocycles. The summed E-state index contributed by atoms with van der Waals surface area (Å²) in [6.07, 6.45) is 2.70. The lowest BCUT2D eigenvalue weighted by atomic mass is 10.0. The van der Waals surface area contributed by atoms with Gasteiger partial charge in [0.1, 0.15) is 0 Å². The first-order chi connectivity index (χ1) is 22.4. The molecule has 4 heterocycles. The van der Waals surface area contributed by atoms with Gasteiger partial charge in [0.05, 0.1) is 25.4 Å². The fraction of sp³-hybridized carbons (Fsp3) is 0.222. The summed E-state index contributed by atoms with van der Waals surface area (Å²) in [5.74, 6) is -1.69. The van der Waals surface area contributed by atoms with Crippen molar-refractivity contribution in [3.63, 3.8) is 0 Å². The van der Waals surface area contributed by atoms with Crippen molar-refractivity contribution in [1.82, 2.24) is 15.0 Å². The largest absolute Gasteiger partial charge is 0.457 e. The Bertz CT molecular complexity index is 1940. The Hall–Kier alpha value is -5.35. The molecule has 1 unspecified atom stereocenters. The van der Waals surface area contributed by atoms with Gasteiger partial charge in [-0.1, -0.05) is 54.6 Å². The molecular formula is C36H32N3O7. The van der Waals surface area contributed by atoms with Gasteiger partial charge in [0.15, 0.2) is 6.10 Å². The molecule has 3 aromatic carbocycles. The van der Waals surface area contributed by atoms with Crippen molar-refractivity contribution in [2.45, 2.75) is 50.8 Å². The van der Waals surface area contributed by atoms with Gasteiger partial charge in [-0.05, 0) is 41.8 Å². The van der Waals surface area contributed by atoms with Crippen molar-refractivity contribution in [1.29, 1.82) is 0 Å². The van der Waals surface area contributed by atoms with Crippen LogP contribution in [0, 0.1) is 6.42 Å². The van der Waals surface area contributed by atoms with Crippen molar-refractivity contribution in [2.75, 3.05) is 0 Å². The van der Waals surface area contributed by atoms with Crippen LogP contribution in [0.4, 0.5) is 0 Å². The molecule has 46 heavy (non-hydrogen) atoms. The summed E-state index contributed by atoms with van der Waals surface area (Å²) in [7, 11) is 0. The van der Waals surface area contributed by atoms with Crippen LogP contribution in [-0.4, -0.2) is 57.5 Å². The van der Waals surface area contributed by atoms with E-state index in [2.05, 4.69) is 15.0 Å². The Morgan fingerprint density at radius 1 is 0.609 bits per heavy atom. The maximum Gasteiger partial charge on any atom is 0.312 e. The van der Waals surface area contributed by atoms with Crippen LogP contribution in [0.1, 0.15) is 23.6 Å². The summed E-state index contributed by atoms with van der Waals surface area (Å²) in [6, 6.07) is 22.9. The number of carbonyl (C=O) groups is 3. The van der Waals surface area contributed by atoms with Gasteiger partial charge >= 0.3 is 17.9 Å². The molecule has 0 saturated carbocycles. The first-order valence-corrected chi connectivity index (χ1v) is 15.1. The summed E-state index contributed by atoms with van der Waals surface area (Å²) in [6.45, 7) is 1.74. The van der Waals surface area contributed by atoms with E-state index in [1.165, 1.54) is 0 Å². The van der Waals surface area contributed by atoms with Crippen LogP contribution < -0.4 is 0 Å². The number of para-hydroxylation sites is 3. The second-order valence-corrected chi connectivity index (χ2v) is 11.4. The number of aromatic nitrogens is 3. The Morgan fingerprint density at radius 2 is 1.02 bits per heavy atom. The quantitative estimate of drug-likeness (QED) is 0.144. The van der Waals surface area contributed by atoms with Crippen molar-refractivity contribution in [2.24, 2.45) is 0 Å². The summed E-state index contributed by atoms with van der Waals surface area (Å²) < 4.78 is 23.6. The Morgan fingerprint density at radius 3 is 1.50 bits per heavy atom. The molecule has 0 amide bonds. The minimum atomic E-state index is -1.31. The number of fused-ring (bicyclic) bond motifs is 3. The third-order valence-electron chi connectivity index (χ3n) is 8.21. The molecular weight excluding hydrogens is 586 g/mol. The van der Waals surface area contributed by atoms with Crippen LogP contribution in [0.15, 0.2) is 91.4 Å². The van der Waals surface area contributed by atoms with Gasteiger partial charge in [-0.25, -0.2) is 0 Å². The highest BCUT2D eigenvalue weighted by Gasteiger charge is 2.45. The first kappa shape index (κ1) is 29.4. The van der Waals surface area contributed by atoms with E-state index in [0.29, 0.717) is 0 Å². The third kappa shape index (κ3) is 6.12. The zero-order valence-corrected chi connectivity index (χ0v) is 25.0. The Balaban J connectivity index is 1.11. The van der Waals surface area contributed by atoms with Crippen LogP contribution >= 0.6 is 0 Å². The topological polar surface area (TPSA) is 136 Å². The molecule has 10 heteroatoms. The van der Waals surface area contributed by atoms with E-state index in [1.807, 2.05) is 72.8 Å². The molecule has 3 N–H and O–H groups in total. The summed E-state index contributed by atoms with van der Waals surface area (Å²) in [4.78, 5) is 49.4. The number of nitrogens with one attached hydrogen (secondary N) is 3. The molecule has 0 spiro atoms. The maximum atomic E-state index is 13.4. The number of H-pyrrole nitrogens is 3. The van der Waals surface area contributed by atoms with Gasteiger partial charge in [0, 0.05) is 57.7 Å². The summed E-state index contributed by atoms with van der Waals surface area (Å²) in [5, 5.41) is 2.70. The van der Waals surface area contributed by atoms with Crippen LogP contribution in [-0.2, 0) is 52.6 Å². The number of esters is 3. The van der Waals surface area contributed by atoms with Crippen LogP contribution in [0.2, 0.25) is 0 Å². The SMILES string of the molecule is C[C@H]1[CH][C@@H](OC(=O)Cc2c[nH]c3ccccc23)[C@@H](OC(=O)Cc2c[nH]c3ccccc23)C(OC(=O)Cc2c[nH]c3ccccc23)O1. The number of hydrogen-bond donors (Lipinski definition) is 3. The molecule has 6 aromatic rings. The molecule has 1 fully saturated rings. The second kappa shape index (κ2) is 12.6. The number of ether oxygens (including phenoxy) is 4. The zero-order valence-electron chi connectivity index (χ0n) is 25.0. The summed E-state index contributed by atoms with van der Waals surface area (Å²) >= 11 is 0. The molecule has 10 nitrogen and oxygen atoms in total. The molecule has 233 valence electrons. The smallest absolute Gasteiger partial charge is 0.312 e. The van der Waals surface area contributed by atoms with Crippen LogP contribution in [0.5, 0.6) is 0 Å². The molecule has 1 aliphatic rings. The highest BCUT2D eigenvalue weighted by Crippen LogP contribution is 2.29. The fourth-order valence-corrected chi connectivity index (χ4v) is 6.05.